The van der Waals surface area contributed by atoms with Crippen LogP contribution in [0.25, 0.3) is 10.8 Å². The number of phenols is 1. The normalized spacial score (nSPS) is 9.62. The average Bonchev–Trinajstić information content (AvgIpc) is 2.04. The topological polar surface area (TPSA) is 33.1 Å². The van der Waals surface area contributed by atoms with Crippen molar-refractivity contribution in [1.82, 2.24) is 4.98 Å². The van der Waals surface area contributed by atoms with E-state index < -0.39 is 0 Å². The fraction of sp³-hybridized carbons (Fsp3) is 0. The standard InChI is InChI=1S/C9H6BrNO.BrH/c10-9-4-7(12)3-6-1-2-11-5-8(6)9;/h1-5,12H;1H. The Morgan fingerprint density at radius 1 is 1.31 bits per heavy atom. The molecule has 0 atom stereocenters. The van der Waals surface area contributed by atoms with Gasteiger partial charge < -0.3 is 5.11 Å². The quantitative estimate of drug-likeness (QED) is 0.810. The van der Waals surface area contributed by atoms with Crippen LogP contribution in [0.15, 0.2) is 35.1 Å². The van der Waals surface area contributed by atoms with Crippen molar-refractivity contribution in [2.75, 3.05) is 0 Å². The summed E-state index contributed by atoms with van der Waals surface area (Å²) in [5, 5.41) is 11.3. The van der Waals surface area contributed by atoms with E-state index in [-0.39, 0.29) is 22.7 Å². The first kappa shape index (κ1) is 10.5. The third-order valence-corrected chi connectivity index (χ3v) is 2.35. The second kappa shape index (κ2) is 4.07. The van der Waals surface area contributed by atoms with Gasteiger partial charge in [-0.05, 0) is 39.5 Å². The van der Waals surface area contributed by atoms with Gasteiger partial charge in [0.2, 0.25) is 0 Å². The first-order valence-electron chi connectivity index (χ1n) is 3.49. The molecule has 0 saturated heterocycles. The van der Waals surface area contributed by atoms with Crippen LogP contribution in [0.4, 0.5) is 0 Å². The van der Waals surface area contributed by atoms with Crippen molar-refractivity contribution < 1.29 is 5.11 Å². The van der Waals surface area contributed by atoms with Gasteiger partial charge in [-0.2, -0.15) is 0 Å². The number of fused-ring (bicyclic) bond motifs is 1. The fourth-order valence-electron chi connectivity index (χ4n) is 1.14. The predicted molar refractivity (Wildman–Crippen MR) is 61.4 cm³/mol. The van der Waals surface area contributed by atoms with Gasteiger partial charge in [-0.15, -0.1) is 17.0 Å². The smallest absolute Gasteiger partial charge is 0.117 e. The summed E-state index contributed by atoms with van der Waals surface area (Å²) in [5.74, 6) is 0.264. The highest BCUT2D eigenvalue weighted by Crippen LogP contribution is 2.27. The molecule has 0 unspecified atom stereocenters. The van der Waals surface area contributed by atoms with Crippen molar-refractivity contribution in [3.05, 3.63) is 35.1 Å². The zero-order valence-electron chi connectivity index (χ0n) is 6.57. The van der Waals surface area contributed by atoms with E-state index in [4.69, 9.17) is 0 Å². The Morgan fingerprint density at radius 3 is 2.85 bits per heavy atom. The lowest BCUT2D eigenvalue weighted by Crippen LogP contribution is -1.76. The van der Waals surface area contributed by atoms with Crippen LogP contribution in [0.2, 0.25) is 0 Å². The third-order valence-electron chi connectivity index (χ3n) is 1.69. The molecule has 2 nitrogen and oxygen atoms in total. The monoisotopic (exact) mass is 303 g/mol. The van der Waals surface area contributed by atoms with Crippen LogP contribution in [-0.4, -0.2) is 10.1 Å². The molecule has 1 heterocycles. The van der Waals surface area contributed by atoms with Gasteiger partial charge in [0.25, 0.3) is 0 Å². The second-order valence-corrected chi connectivity index (χ2v) is 3.38. The lowest BCUT2D eigenvalue weighted by molar-refractivity contribution is 0.476. The summed E-state index contributed by atoms with van der Waals surface area (Å²) >= 11 is 3.35. The van der Waals surface area contributed by atoms with Gasteiger partial charge >= 0.3 is 0 Å². The average molecular weight is 305 g/mol. The van der Waals surface area contributed by atoms with E-state index in [9.17, 15) is 5.11 Å². The minimum Gasteiger partial charge on any atom is -0.508 e. The summed E-state index contributed by atoms with van der Waals surface area (Å²) in [4.78, 5) is 3.99. The Labute approximate surface area is 94.5 Å². The minimum atomic E-state index is 0. The zero-order valence-corrected chi connectivity index (χ0v) is 9.87. The van der Waals surface area contributed by atoms with E-state index in [0.717, 1.165) is 15.2 Å². The molecule has 0 fully saturated rings. The number of benzene rings is 1. The zero-order chi connectivity index (χ0) is 8.55. The lowest BCUT2D eigenvalue weighted by atomic mass is 10.2. The van der Waals surface area contributed by atoms with E-state index in [1.54, 1.807) is 24.5 Å². The first-order valence-corrected chi connectivity index (χ1v) is 4.29. The summed E-state index contributed by atoms with van der Waals surface area (Å²) < 4.78 is 0.866. The SMILES string of the molecule is Br.Oc1cc(Br)c2cnccc2c1. The number of aromatic hydroxyl groups is 1. The Balaban J connectivity index is 0.000000845. The highest BCUT2D eigenvalue weighted by atomic mass is 79.9. The summed E-state index contributed by atoms with van der Waals surface area (Å²) in [5.41, 5.74) is 0. The van der Waals surface area contributed by atoms with Crippen LogP contribution in [0.5, 0.6) is 5.75 Å². The van der Waals surface area contributed by atoms with Gasteiger partial charge in [0.05, 0.1) is 0 Å². The molecule has 0 spiro atoms. The van der Waals surface area contributed by atoms with Crippen LogP contribution in [0.1, 0.15) is 0 Å². The molecule has 0 radical (unpaired) electrons. The molecule has 1 aromatic heterocycles. The molecule has 2 aromatic rings. The van der Waals surface area contributed by atoms with Crippen molar-refractivity contribution in [3.8, 4) is 5.75 Å². The molecule has 1 aromatic carbocycles. The van der Waals surface area contributed by atoms with Crippen LogP contribution in [0.3, 0.4) is 0 Å². The molecule has 0 aliphatic carbocycles. The number of nitrogens with zero attached hydrogens (tertiary/aromatic N) is 1. The number of hydrogen-bond acceptors (Lipinski definition) is 2. The van der Waals surface area contributed by atoms with Crippen molar-refractivity contribution in [2.24, 2.45) is 0 Å². The van der Waals surface area contributed by atoms with Crippen molar-refractivity contribution in [1.29, 1.82) is 0 Å². The molecule has 13 heavy (non-hydrogen) atoms. The van der Waals surface area contributed by atoms with Gasteiger partial charge in [0.1, 0.15) is 5.75 Å². The maximum Gasteiger partial charge on any atom is 0.117 e. The molecule has 2 rings (SSSR count). The predicted octanol–water partition coefficient (Wildman–Crippen LogP) is 3.28. The van der Waals surface area contributed by atoms with Crippen LogP contribution in [-0.2, 0) is 0 Å². The van der Waals surface area contributed by atoms with Crippen LogP contribution in [0, 0.1) is 0 Å². The van der Waals surface area contributed by atoms with E-state index in [2.05, 4.69) is 20.9 Å². The van der Waals surface area contributed by atoms with Crippen molar-refractivity contribution in [2.45, 2.75) is 0 Å². The number of rotatable bonds is 0. The molecule has 68 valence electrons. The Kier molecular flexibility index (Phi) is 3.27. The van der Waals surface area contributed by atoms with Crippen LogP contribution >= 0.6 is 32.9 Å². The van der Waals surface area contributed by atoms with Gasteiger partial charge in [0, 0.05) is 22.3 Å². The highest BCUT2D eigenvalue weighted by molar-refractivity contribution is 9.10. The van der Waals surface area contributed by atoms with E-state index in [1.807, 2.05) is 6.07 Å². The van der Waals surface area contributed by atoms with Crippen molar-refractivity contribution >= 4 is 43.7 Å². The largest absolute Gasteiger partial charge is 0.508 e. The molecule has 0 aliphatic rings. The van der Waals surface area contributed by atoms with E-state index in [0.29, 0.717) is 0 Å². The number of phenolic OH excluding ortho intramolecular Hbond substituents is 1. The maximum atomic E-state index is 9.26. The molecule has 0 aliphatic heterocycles. The Morgan fingerprint density at radius 2 is 2.08 bits per heavy atom. The van der Waals surface area contributed by atoms with E-state index in [1.165, 1.54) is 0 Å². The first-order chi connectivity index (χ1) is 5.77. The number of halogens is 2. The van der Waals surface area contributed by atoms with Gasteiger partial charge in [-0.1, -0.05) is 0 Å². The summed E-state index contributed by atoms with van der Waals surface area (Å²) in [6.07, 6.45) is 3.47. The highest BCUT2D eigenvalue weighted by Gasteiger charge is 1.99. The molecular formula is C9H7Br2NO. The summed E-state index contributed by atoms with van der Waals surface area (Å²) in [6.45, 7) is 0. The lowest BCUT2D eigenvalue weighted by Gasteiger charge is -1.99. The third kappa shape index (κ3) is 2.00. The summed E-state index contributed by atoms with van der Waals surface area (Å²) in [7, 11) is 0. The van der Waals surface area contributed by atoms with Gasteiger partial charge in [-0.3, -0.25) is 4.98 Å². The number of hydrogen-bond donors (Lipinski definition) is 1. The number of aromatic nitrogens is 1. The Hall–Kier alpha value is -0.610. The maximum absolute atomic E-state index is 9.26. The fourth-order valence-corrected chi connectivity index (χ4v) is 1.71. The molecule has 0 saturated carbocycles. The molecule has 0 bridgehead atoms. The molecule has 1 N–H and O–H groups in total. The van der Waals surface area contributed by atoms with Gasteiger partial charge in [-0.25, -0.2) is 0 Å². The molecule has 4 heteroatoms. The summed E-state index contributed by atoms with van der Waals surface area (Å²) in [6, 6.07) is 5.23. The van der Waals surface area contributed by atoms with Gasteiger partial charge in [0.15, 0.2) is 0 Å². The second-order valence-electron chi connectivity index (χ2n) is 2.52. The van der Waals surface area contributed by atoms with Crippen molar-refractivity contribution in [3.63, 3.8) is 0 Å². The number of pyridine rings is 1. The van der Waals surface area contributed by atoms with Crippen LogP contribution < -0.4 is 0 Å². The molecule has 0 amide bonds. The minimum absolute atomic E-state index is 0. The van der Waals surface area contributed by atoms with E-state index >= 15 is 0 Å². The molecular weight excluding hydrogens is 298 g/mol. The Bertz CT molecular complexity index is 431.